The highest BCUT2D eigenvalue weighted by atomic mass is 32.2. The normalized spacial score (nSPS) is 12.0. The Hall–Kier alpha value is -1.95. The van der Waals surface area contributed by atoms with Gasteiger partial charge in [0.05, 0.1) is 6.04 Å². The summed E-state index contributed by atoms with van der Waals surface area (Å²) in [6.07, 6.45) is 0. The van der Waals surface area contributed by atoms with Crippen LogP contribution in [0, 0.1) is 0 Å². The summed E-state index contributed by atoms with van der Waals surface area (Å²) in [7, 11) is -1.90. The van der Waals surface area contributed by atoms with Crippen LogP contribution in [-0.4, -0.2) is 19.8 Å². The van der Waals surface area contributed by atoms with Crippen molar-refractivity contribution in [3.63, 3.8) is 0 Å². The van der Waals surface area contributed by atoms with Gasteiger partial charge in [-0.3, -0.25) is 0 Å². The molecule has 3 aromatic rings. The smallest absolute Gasteiger partial charge is 0.206 e. The van der Waals surface area contributed by atoms with Gasteiger partial charge in [0, 0.05) is 7.05 Å². The van der Waals surface area contributed by atoms with Crippen molar-refractivity contribution in [1.29, 1.82) is 0 Å². The maximum Gasteiger partial charge on any atom is 0.253 e. The molecule has 0 saturated carbocycles. The molecule has 118 valence electrons. The molecule has 3 rings (SSSR count). The summed E-state index contributed by atoms with van der Waals surface area (Å²) in [6.45, 7) is 0. The Morgan fingerprint density at radius 3 is 1.78 bits per heavy atom. The van der Waals surface area contributed by atoms with E-state index in [4.69, 9.17) is 0 Å². The van der Waals surface area contributed by atoms with Crippen molar-refractivity contribution in [3.05, 3.63) is 89.3 Å². The molecule has 0 N–H and O–H groups in total. The highest BCUT2D eigenvalue weighted by Crippen LogP contribution is 2.33. The Bertz CT molecular complexity index is 805. The van der Waals surface area contributed by atoms with E-state index in [9.17, 15) is 8.42 Å². The van der Waals surface area contributed by atoms with Gasteiger partial charge in [-0.25, -0.2) is 8.42 Å². The van der Waals surface area contributed by atoms with E-state index in [-0.39, 0.29) is 6.04 Å². The van der Waals surface area contributed by atoms with Crippen molar-refractivity contribution < 1.29 is 8.42 Å². The SMILES string of the molecule is CN(C(c1ccccc1)c1ccccc1)S(=O)(=O)c1cccs1. The second-order valence-electron chi connectivity index (χ2n) is 5.18. The average molecular weight is 343 g/mol. The molecule has 0 aliphatic heterocycles. The van der Waals surface area contributed by atoms with Gasteiger partial charge in [0.2, 0.25) is 0 Å². The standard InChI is InChI=1S/C18H17NO2S2/c1-19(23(20,21)17-13-8-14-22-17)18(15-9-4-2-5-10-15)16-11-6-3-7-12-16/h2-14,18H,1H3. The molecule has 2 aromatic carbocycles. The van der Waals surface area contributed by atoms with Gasteiger partial charge < -0.3 is 0 Å². The summed E-state index contributed by atoms with van der Waals surface area (Å²) >= 11 is 1.24. The van der Waals surface area contributed by atoms with Crippen LogP contribution in [0.4, 0.5) is 0 Å². The fraction of sp³-hybridized carbons (Fsp3) is 0.111. The third-order valence-electron chi connectivity index (χ3n) is 3.72. The molecule has 5 heteroatoms. The number of nitrogens with zero attached hydrogens (tertiary/aromatic N) is 1. The van der Waals surface area contributed by atoms with E-state index in [0.717, 1.165) is 11.1 Å². The maximum atomic E-state index is 12.9. The lowest BCUT2D eigenvalue weighted by molar-refractivity contribution is 0.419. The first-order chi connectivity index (χ1) is 11.1. The monoisotopic (exact) mass is 343 g/mol. The Morgan fingerprint density at radius 1 is 0.826 bits per heavy atom. The van der Waals surface area contributed by atoms with E-state index in [0.29, 0.717) is 4.21 Å². The van der Waals surface area contributed by atoms with Gasteiger partial charge in [0.25, 0.3) is 10.0 Å². The Kier molecular flexibility index (Phi) is 4.61. The predicted octanol–water partition coefficient (Wildman–Crippen LogP) is 4.16. The van der Waals surface area contributed by atoms with Crippen molar-refractivity contribution in [2.24, 2.45) is 0 Å². The largest absolute Gasteiger partial charge is 0.253 e. The molecule has 0 radical (unpaired) electrons. The van der Waals surface area contributed by atoms with Crippen molar-refractivity contribution in [3.8, 4) is 0 Å². The summed E-state index contributed by atoms with van der Waals surface area (Å²) in [5.41, 5.74) is 1.89. The summed E-state index contributed by atoms with van der Waals surface area (Å²) < 4.78 is 27.6. The first kappa shape index (κ1) is 15.9. The van der Waals surface area contributed by atoms with E-state index < -0.39 is 10.0 Å². The molecule has 0 amide bonds. The predicted molar refractivity (Wildman–Crippen MR) is 94.0 cm³/mol. The minimum absolute atomic E-state index is 0.357. The number of hydrogen-bond acceptors (Lipinski definition) is 3. The van der Waals surface area contributed by atoms with E-state index in [1.807, 2.05) is 60.7 Å². The summed E-state index contributed by atoms with van der Waals surface area (Å²) in [5, 5.41) is 1.78. The van der Waals surface area contributed by atoms with E-state index in [2.05, 4.69) is 0 Å². The summed E-state index contributed by atoms with van der Waals surface area (Å²) in [6, 6.07) is 22.4. The number of rotatable bonds is 5. The lowest BCUT2D eigenvalue weighted by Crippen LogP contribution is -2.31. The number of benzene rings is 2. The zero-order valence-corrected chi connectivity index (χ0v) is 14.3. The lowest BCUT2D eigenvalue weighted by Gasteiger charge is -2.28. The second-order valence-corrected chi connectivity index (χ2v) is 8.35. The van der Waals surface area contributed by atoms with E-state index in [1.54, 1.807) is 24.6 Å². The number of sulfonamides is 1. The first-order valence-corrected chi connectivity index (χ1v) is 9.54. The van der Waals surface area contributed by atoms with Crippen molar-refractivity contribution >= 4 is 21.4 Å². The molecule has 0 bridgehead atoms. The van der Waals surface area contributed by atoms with Gasteiger partial charge in [0.1, 0.15) is 4.21 Å². The van der Waals surface area contributed by atoms with Crippen LogP contribution < -0.4 is 0 Å². The van der Waals surface area contributed by atoms with Gasteiger partial charge in [-0.15, -0.1) is 11.3 Å². The molecule has 3 nitrogen and oxygen atoms in total. The van der Waals surface area contributed by atoms with Gasteiger partial charge in [-0.2, -0.15) is 4.31 Å². The Labute approximate surface area is 140 Å². The molecule has 0 fully saturated rings. The lowest BCUT2D eigenvalue weighted by atomic mass is 9.99. The zero-order valence-electron chi connectivity index (χ0n) is 12.7. The molecule has 1 heterocycles. The topological polar surface area (TPSA) is 37.4 Å². The Morgan fingerprint density at radius 2 is 1.35 bits per heavy atom. The van der Waals surface area contributed by atoms with Crippen molar-refractivity contribution in [2.75, 3.05) is 7.05 Å². The van der Waals surface area contributed by atoms with Crippen LogP contribution in [0.25, 0.3) is 0 Å². The molecule has 0 aliphatic rings. The minimum atomic E-state index is -3.54. The highest BCUT2D eigenvalue weighted by molar-refractivity contribution is 7.91. The second kappa shape index (κ2) is 6.66. The molecular weight excluding hydrogens is 326 g/mol. The molecule has 0 aliphatic carbocycles. The van der Waals surface area contributed by atoms with Crippen LogP contribution >= 0.6 is 11.3 Å². The molecular formula is C18H17NO2S2. The van der Waals surface area contributed by atoms with Crippen LogP contribution in [0.15, 0.2) is 82.4 Å². The van der Waals surface area contributed by atoms with Crippen LogP contribution in [0.1, 0.15) is 17.2 Å². The van der Waals surface area contributed by atoms with Gasteiger partial charge in [-0.1, -0.05) is 66.7 Å². The third kappa shape index (κ3) is 3.22. The fourth-order valence-electron chi connectivity index (χ4n) is 2.57. The fourth-order valence-corrected chi connectivity index (χ4v) is 5.08. The molecule has 23 heavy (non-hydrogen) atoms. The average Bonchev–Trinajstić information content (AvgIpc) is 3.12. The Balaban J connectivity index is 2.09. The molecule has 0 unspecified atom stereocenters. The van der Waals surface area contributed by atoms with Gasteiger partial charge in [0.15, 0.2) is 0 Å². The van der Waals surface area contributed by atoms with Crippen LogP contribution in [0.2, 0.25) is 0 Å². The van der Waals surface area contributed by atoms with Gasteiger partial charge in [-0.05, 0) is 22.6 Å². The van der Waals surface area contributed by atoms with Crippen LogP contribution in [0.5, 0.6) is 0 Å². The van der Waals surface area contributed by atoms with Crippen molar-refractivity contribution in [2.45, 2.75) is 10.3 Å². The third-order valence-corrected chi connectivity index (χ3v) is 6.92. The maximum absolute atomic E-state index is 12.9. The van der Waals surface area contributed by atoms with Crippen LogP contribution in [-0.2, 0) is 10.0 Å². The molecule has 0 atom stereocenters. The van der Waals surface area contributed by atoms with Crippen molar-refractivity contribution in [1.82, 2.24) is 4.31 Å². The molecule has 0 spiro atoms. The minimum Gasteiger partial charge on any atom is -0.206 e. The number of hydrogen-bond donors (Lipinski definition) is 0. The molecule has 1 aromatic heterocycles. The molecule has 0 saturated heterocycles. The number of thiophene rings is 1. The first-order valence-electron chi connectivity index (χ1n) is 7.22. The summed E-state index contributed by atoms with van der Waals surface area (Å²) in [5.74, 6) is 0. The highest BCUT2D eigenvalue weighted by Gasteiger charge is 2.30. The van der Waals surface area contributed by atoms with E-state index in [1.165, 1.54) is 15.6 Å². The van der Waals surface area contributed by atoms with Gasteiger partial charge >= 0.3 is 0 Å². The van der Waals surface area contributed by atoms with Crippen LogP contribution in [0.3, 0.4) is 0 Å². The zero-order chi connectivity index (χ0) is 16.3. The van der Waals surface area contributed by atoms with E-state index >= 15 is 0 Å². The quantitative estimate of drug-likeness (QED) is 0.697. The summed E-state index contributed by atoms with van der Waals surface area (Å²) in [4.78, 5) is 0.